The van der Waals surface area contributed by atoms with Gasteiger partial charge >= 0.3 is 12.1 Å². The third kappa shape index (κ3) is 5.92. The summed E-state index contributed by atoms with van der Waals surface area (Å²) in [7, 11) is 2.96. The maximum Gasteiger partial charge on any atom is 0.453 e. The van der Waals surface area contributed by atoms with Crippen molar-refractivity contribution in [1.29, 1.82) is 0 Å². The Hall–Kier alpha value is -4.73. The number of benzene rings is 3. The number of hydrogen-bond acceptors (Lipinski definition) is 7. The lowest BCUT2D eigenvalue weighted by Gasteiger charge is -2.13. The summed E-state index contributed by atoms with van der Waals surface area (Å²) in [6, 6.07) is 16.0. The van der Waals surface area contributed by atoms with Gasteiger partial charge in [0.25, 0.3) is 5.76 Å². The molecule has 190 valence electrons. The third-order valence-electron chi connectivity index (χ3n) is 5.11. The predicted octanol–water partition coefficient (Wildman–Crippen LogP) is 6.24. The molecule has 3 aromatic carbocycles. The largest absolute Gasteiger partial charge is 0.497 e. The quantitative estimate of drug-likeness (QED) is 0.165. The number of rotatable bonds is 7. The number of fused-ring (bicyclic) bond motifs is 1. The van der Waals surface area contributed by atoms with Crippen molar-refractivity contribution in [3.05, 3.63) is 94.4 Å². The summed E-state index contributed by atoms with van der Waals surface area (Å²) < 4.78 is 66.8. The molecule has 0 fully saturated rings. The summed E-state index contributed by atoms with van der Waals surface area (Å²) >= 11 is 0. The average Bonchev–Trinajstić information content (AvgIpc) is 2.89. The fraction of sp³-hybridized carbons (Fsp3) is 0.111. The van der Waals surface area contributed by atoms with Crippen LogP contribution in [0.25, 0.3) is 17.0 Å². The lowest BCUT2D eigenvalue weighted by molar-refractivity contribution is -0.154. The topological polar surface area (TPSA) is 84.2 Å². The number of esters is 1. The molecule has 0 saturated carbocycles. The van der Waals surface area contributed by atoms with Gasteiger partial charge in [0.15, 0.2) is 0 Å². The average molecular weight is 512 g/mol. The molecule has 4 rings (SSSR count). The first-order chi connectivity index (χ1) is 17.7. The molecule has 0 aliphatic carbocycles. The Balaban J connectivity index is 1.62. The molecule has 0 atom stereocenters. The molecule has 0 aliphatic heterocycles. The first-order valence-electron chi connectivity index (χ1n) is 10.7. The highest BCUT2D eigenvalue weighted by Gasteiger charge is 2.40. The van der Waals surface area contributed by atoms with Gasteiger partial charge in [-0.2, -0.15) is 13.2 Å². The number of hydrogen-bond donors (Lipinski definition) is 0. The standard InChI is InChI=1S/C27H19F3O7/c1-33-17-6-3-16(4-7-17)5-14-23(31)35-20-12-13-21-22(15-20)37-26(27(28,29)30)25(24(21)32)36-19-10-8-18(34-2)9-11-19/h3-15H,1-2H3. The zero-order valence-corrected chi connectivity index (χ0v) is 19.5. The van der Waals surface area contributed by atoms with Crippen molar-refractivity contribution in [3.63, 3.8) is 0 Å². The Bertz CT molecular complexity index is 1500. The molecule has 37 heavy (non-hydrogen) atoms. The van der Waals surface area contributed by atoms with Crippen LogP contribution in [0.4, 0.5) is 13.2 Å². The number of carbonyl (C=O) groups is 1. The van der Waals surface area contributed by atoms with Crippen LogP contribution in [0.3, 0.4) is 0 Å². The first-order valence-corrected chi connectivity index (χ1v) is 10.7. The zero-order chi connectivity index (χ0) is 26.6. The van der Waals surface area contributed by atoms with Crippen LogP contribution in [0.2, 0.25) is 0 Å². The minimum atomic E-state index is -5.04. The van der Waals surface area contributed by atoms with Crippen molar-refractivity contribution in [1.82, 2.24) is 0 Å². The van der Waals surface area contributed by atoms with Crippen LogP contribution in [0, 0.1) is 0 Å². The molecule has 4 aromatic rings. The molecule has 0 saturated heterocycles. The van der Waals surface area contributed by atoms with E-state index >= 15 is 0 Å². The number of ether oxygens (including phenoxy) is 4. The van der Waals surface area contributed by atoms with Gasteiger partial charge in [0, 0.05) is 12.1 Å². The highest BCUT2D eigenvalue weighted by molar-refractivity contribution is 5.89. The fourth-order valence-corrected chi connectivity index (χ4v) is 3.29. The fourth-order valence-electron chi connectivity index (χ4n) is 3.29. The molecule has 0 bridgehead atoms. The van der Waals surface area contributed by atoms with E-state index in [2.05, 4.69) is 0 Å². The van der Waals surface area contributed by atoms with E-state index in [9.17, 15) is 22.8 Å². The molecule has 0 aliphatic rings. The highest BCUT2D eigenvalue weighted by atomic mass is 19.4. The van der Waals surface area contributed by atoms with Gasteiger partial charge in [-0.1, -0.05) is 12.1 Å². The van der Waals surface area contributed by atoms with Crippen LogP contribution >= 0.6 is 0 Å². The molecule has 10 heteroatoms. The van der Waals surface area contributed by atoms with E-state index in [1.54, 1.807) is 24.3 Å². The Morgan fingerprint density at radius 2 is 1.41 bits per heavy atom. The molecule has 0 amide bonds. The van der Waals surface area contributed by atoms with Gasteiger partial charge in [0.05, 0.1) is 19.6 Å². The van der Waals surface area contributed by atoms with E-state index in [1.165, 1.54) is 56.7 Å². The molecule has 0 N–H and O–H groups in total. The summed E-state index contributed by atoms with van der Waals surface area (Å²) in [6.07, 6.45) is -2.40. The van der Waals surface area contributed by atoms with Crippen LogP contribution in [0.5, 0.6) is 28.7 Å². The van der Waals surface area contributed by atoms with E-state index in [4.69, 9.17) is 23.4 Å². The summed E-state index contributed by atoms with van der Waals surface area (Å²) in [5.41, 5.74) is -0.771. The summed E-state index contributed by atoms with van der Waals surface area (Å²) in [5.74, 6) is -2.46. The van der Waals surface area contributed by atoms with Crippen LogP contribution in [-0.2, 0) is 11.0 Å². The first kappa shape index (κ1) is 25.4. The lowest BCUT2D eigenvalue weighted by atomic mass is 10.2. The summed E-state index contributed by atoms with van der Waals surface area (Å²) in [5, 5.41) is -0.190. The lowest BCUT2D eigenvalue weighted by Crippen LogP contribution is -2.15. The molecule has 0 spiro atoms. The second kappa shape index (κ2) is 10.5. The van der Waals surface area contributed by atoms with Crippen molar-refractivity contribution in [2.24, 2.45) is 0 Å². The SMILES string of the molecule is COc1ccc(C=CC(=O)Oc2ccc3c(=O)c(Oc4ccc(OC)cc4)c(C(F)(F)F)oc3c2)cc1. The van der Waals surface area contributed by atoms with E-state index < -0.39 is 34.7 Å². The smallest absolute Gasteiger partial charge is 0.453 e. The molecular formula is C27H19F3O7. The van der Waals surface area contributed by atoms with Gasteiger partial charge in [-0.05, 0) is 60.2 Å². The maximum atomic E-state index is 13.8. The van der Waals surface area contributed by atoms with Crippen LogP contribution < -0.4 is 24.4 Å². The van der Waals surface area contributed by atoms with Gasteiger partial charge in [0.2, 0.25) is 11.2 Å². The van der Waals surface area contributed by atoms with Crippen molar-refractivity contribution in [2.45, 2.75) is 6.18 Å². The molecule has 0 unspecified atom stereocenters. The number of carbonyl (C=O) groups excluding carboxylic acids is 1. The number of alkyl halides is 3. The Morgan fingerprint density at radius 1 is 0.838 bits per heavy atom. The summed E-state index contributed by atoms with van der Waals surface area (Å²) in [6.45, 7) is 0. The Morgan fingerprint density at radius 3 is 2.00 bits per heavy atom. The van der Waals surface area contributed by atoms with Crippen molar-refractivity contribution >= 4 is 23.0 Å². The second-order valence-corrected chi connectivity index (χ2v) is 7.55. The van der Waals surface area contributed by atoms with E-state index in [0.717, 1.165) is 12.1 Å². The van der Waals surface area contributed by atoms with Gasteiger partial charge in [-0.25, -0.2) is 4.79 Å². The Kier molecular flexibility index (Phi) is 7.19. The number of methoxy groups -OCH3 is 2. The highest BCUT2D eigenvalue weighted by Crippen LogP contribution is 2.38. The van der Waals surface area contributed by atoms with E-state index in [0.29, 0.717) is 17.1 Å². The van der Waals surface area contributed by atoms with Gasteiger partial charge in [-0.3, -0.25) is 4.79 Å². The summed E-state index contributed by atoms with van der Waals surface area (Å²) in [4.78, 5) is 25.1. The number of halogens is 3. The third-order valence-corrected chi connectivity index (χ3v) is 5.11. The van der Waals surface area contributed by atoms with Crippen LogP contribution in [-0.4, -0.2) is 20.2 Å². The van der Waals surface area contributed by atoms with Crippen LogP contribution in [0.15, 0.2) is 82.0 Å². The van der Waals surface area contributed by atoms with Gasteiger partial charge < -0.3 is 23.4 Å². The molecule has 7 nitrogen and oxygen atoms in total. The van der Waals surface area contributed by atoms with Gasteiger partial charge in [0.1, 0.15) is 28.6 Å². The second-order valence-electron chi connectivity index (χ2n) is 7.55. The maximum absolute atomic E-state index is 13.8. The molecule has 1 heterocycles. The molecule has 0 radical (unpaired) electrons. The van der Waals surface area contributed by atoms with E-state index in [-0.39, 0.29) is 16.9 Å². The Labute approximate surface area is 208 Å². The minimum Gasteiger partial charge on any atom is -0.497 e. The predicted molar refractivity (Wildman–Crippen MR) is 128 cm³/mol. The van der Waals surface area contributed by atoms with E-state index in [1.807, 2.05) is 0 Å². The normalized spacial score (nSPS) is 11.5. The van der Waals surface area contributed by atoms with Gasteiger partial charge in [-0.15, -0.1) is 0 Å². The van der Waals surface area contributed by atoms with Crippen molar-refractivity contribution in [3.8, 4) is 28.7 Å². The zero-order valence-electron chi connectivity index (χ0n) is 19.5. The van der Waals surface area contributed by atoms with Crippen molar-refractivity contribution in [2.75, 3.05) is 14.2 Å². The molecular weight excluding hydrogens is 493 g/mol. The molecule has 1 aromatic heterocycles. The van der Waals surface area contributed by atoms with Crippen LogP contribution in [0.1, 0.15) is 11.3 Å². The monoisotopic (exact) mass is 512 g/mol. The minimum absolute atomic E-state index is 0.0212. The van der Waals surface area contributed by atoms with Crippen molar-refractivity contribution < 1.29 is 41.3 Å².